The van der Waals surface area contributed by atoms with Crippen LogP contribution in [0, 0.1) is 29.5 Å². The first-order valence-electron chi connectivity index (χ1n) is 14.6. The summed E-state index contributed by atoms with van der Waals surface area (Å²) >= 11 is 1.37. The monoisotopic (exact) mass is 633 g/mol. The van der Waals surface area contributed by atoms with Gasteiger partial charge in [-0.05, 0) is 80.0 Å². The van der Waals surface area contributed by atoms with Crippen molar-refractivity contribution >= 4 is 27.3 Å². The maximum atomic E-state index is 14.9. The molecule has 4 aromatic rings. The predicted molar refractivity (Wildman–Crippen MR) is 166 cm³/mol. The summed E-state index contributed by atoms with van der Waals surface area (Å²) in [6, 6.07) is 14.1. The zero-order chi connectivity index (χ0) is 30.8. The molecule has 44 heavy (non-hydrogen) atoms. The summed E-state index contributed by atoms with van der Waals surface area (Å²) in [6.45, 7) is 3.67. The number of halogens is 1. The fourth-order valence-electron chi connectivity index (χ4n) is 5.35. The fraction of sp³-hybridized carbons (Fsp3) is 0.333. The maximum absolute atomic E-state index is 14.9. The molecule has 1 atom stereocenters. The first-order chi connectivity index (χ1) is 21.2. The van der Waals surface area contributed by atoms with Crippen molar-refractivity contribution in [1.82, 2.24) is 9.55 Å². The molecule has 228 valence electrons. The van der Waals surface area contributed by atoms with Crippen molar-refractivity contribution in [2.75, 3.05) is 19.8 Å². The Morgan fingerprint density at radius 1 is 1.20 bits per heavy atom. The highest BCUT2D eigenvalue weighted by atomic mass is 32.2. The molecule has 1 saturated heterocycles. The second-order valence-corrected chi connectivity index (χ2v) is 13.5. The first kappa shape index (κ1) is 30.2. The van der Waals surface area contributed by atoms with Gasteiger partial charge in [-0.15, -0.1) is 11.3 Å². The average molecular weight is 634 g/mol. The maximum Gasteiger partial charge on any atom is 0.357 e. The van der Waals surface area contributed by atoms with Crippen LogP contribution in [0.2, 0.25) is 0 Å². The number of nitrogens with two attached hydrogens (primary N) is 1. The highest BCUT2D eigenvalue weighted by Crippen LogP contribution is 2.41. The number of carbonyl (C=O) groups is 1. The number of aromatic nitrogens is 2. The standard InChI is InChI=1S/C33H32FN3O5S2/c1-2-42-33(38)28-20-43-32(36-28)26-17-29(25-5-3-4-21(14-25)8-9-23-12-13-41-19-23)37(30(26)16-22-6-7-22)18-24-10-11-31(27(34)15-24)44(35,39)40/h3-5,10-11,14-15,17,20,22-23H,2,6-7,12-13,16,18-19H2,1H3,(H2,35,39,40). The lowest BCUT2D eigenvalue weighted by Crippen LogP contribution is -2.14. The lowest BCUT2D eigenvalue weighted by atomic mass is 10.1. The van der Waals surface area contributed by atoms with E-state index in [1.54, 1.807) is 18.4 Å². The molecule has 2 aliphatic rings. The highest BCUT2D eigenvalue weighted by Gasteiger charge is 2.28. The molecule has 8 nitrogen and oxygen atoms in total. The predicted octanol–water partition coefficient (Wildman–Crippen LogP) is 5.63. The molecular formula is C33H32FN3O5S2. The summed E-state index contributed by atoms with van der Waals surface area (Å²) in [5.74, 6) is 5.98. The largest absolute Gasteiger partial charge is 0.461 e. The van der Waals surface area contributed by atoms with Crippen molar-refractivity contribution in [3.05, 3.63) is 82.2 Å². The third kappa shape index (κ3) is 6.79. The van der Waals surface area contributed by atoms with Crippen molar-refractivity contribution < 1.29 is 27.1 Å². The van der Waals surface area contributed by atoms with Gasteiger partial charge in [0.2, 0.25) is 10.0 Å². The average Bonchev–Trinajstić information content (AvgIpc) is 3.34. The molecule has 0 radical (unpaired) electrons. The summed E-state index contributed by atoms with van der Waals surface area (Å²) in [5.41, 5.74) is 5.43. The zero-order valence-corrected chi connectivity index (χ0v) is 25.8. The first-order valence-corrected chi connectivity index (χ1v) is 17.0. The van der Waals surface area contributed by atoms with Gasteiger partial charge < -0.3 is 14.0 Å². The number of nitrogens with zero attached hydrogens (tertiary/aromatic N) is 2. The van der Waals surface area contributed by atoms with Gasteiger partial charge in [0.05, 0.1) is 13.2 Å². The van der Waals surface area contributed by atoms with Crippen LogP contribution in [0.1, 0.15) is 53.5 Å². The summed E-state index contributed by atoms with van der Waals surface area (Å²) < 4.78 is 51.4. The number of ether oxygens (including phenoxy) is 2. The minimum atomic E-state index is -4.19. The van der Waals surface area contributed by atoms with E-state index in [-0.39, 0.29) is 24.8 Å². The van der Waals surface area contributed by atoms with E-state index in [2.05, 4.69) is 27.5 Å². The lowest BCUT2D eigenvalue weighted by Gasteiger charge is -2.16. The number of primary sulfonamides is 1. The molecule has 0 spiro atoms. The molecule has 2 aromatic carbocycles. The van der Waals surface area contributed by atoms with Crippen LogP contribution in [0.15, 0.2) is 58.8 Å². The Hall–Kier alpha value is -3.82. The summed E-state index contributed by atoms with van der Waals surface area (Å²) in [4.78, 5) is 16.5. The molecule has 2 fully saturated rings. The van der Waals surface area contributed by atoms with Crippen LogP contribution in [0.25, 0.3) is 21.8 Å². The van der Waals surface area contributed by atoms with Crippen LogP contribution < -0.4 is 5.14 Å². The number of carbonyl (C=O) groups excluding carboxylic acids is 1. The minimum Gasteiger partial charge on any atom is -0.461 e. The second-order valence-electron chi connectivity index (χ2n) is 11.1. The van der Waals surface area contributed by atoms with Crippen molar-refractivity contribution in [3.8, 4) is 33.7 Å². The van der Waals surface area contributed by atoms with Gasteiger partial charge in [0.15, 0.2) is 5.69 Å². The van der Waals surface area contributed by atoms with Gasteiger partial charge in [-0.3, -0.25) is 0 Å². The van der Waals surface area contributed by atoms with Crippen LogP contribution in [-0.4, -0.2) is 43.8 Å². The van der Waals surface area contributed by atoms with Crippen LogP contribution in [0.4, 0.5) is 4.39 Å². The van der Waals surface area contributed by atoms with Crippen LogP contribution in [-0.2, 0) is 32.5 Å². The molecule has 2 N–H and O–H groups in total. The molecule has 6 rings (SSSR count). The Balaban J connectivity index is 1.47. The van der Waals surface area contributed by atoms with Gasteiger partial charge in [0, 0.05) is 47.0 Å². The topological polar surface area (TPSA) is 114 Å². The third-order valence-corrected chi connectivity index (χ3v) is 9.58. The molecule has 1 unspecified atom stereocenters. The summed E-state index contributed by atoms with van der Waals surface area (Å²) in [6.07, 6.45) is 3.92. The number of benzene rings is 2. The van der Waals surface area contributed by atoms with E-state index in [0.29, 0.717) is 23.1 Å². The van der Waals surface area contributed by atoms with Gasteiger partial charge in [-0.2, -0.15) is 0 Å². The smallest absolute Gasteiger partial charge is 0.357 e. The Kier molecular flexibility index (Phi) is 8.69. The van der Waals surface area contributed by atoms with E-state index >= 15 is 0 Å². The van der Waals surface area contributed by atoms with E-state index < -0.39 is 26.7 Å². The highest BCUT2D eigenvalue weighted by molar-refractivity contribution is 7.89. The minimum absolute atomic E-state index is 0.216. The van der Waals surface area contributed by atoms with Crippen LogP contribution in [0.3, 0.4) is 0 Å². The fourth-order valence-corrected chi connectivity index (χ4v) is 6.77. The molecule has 3 heterocycles. The van der Waals surface area contributed by atoms with Gasteiger partial charge in [-0.25, -0.2) is 27.7 Å². The van der Waals surface area contributed by atoms with E-state index in [9.17, 15) is 17.6 Å². The molecule has 11 heteroatoms. The third-order valence-electron chi connectivity index (χ3n) is 7.76. The Bertz CT molecular complexity index is 1880. The van der Waals surface area contributed by atoms with E-state index in [1.165, 1.54) is 23.5 Å². The van der Waals surface area contributed by atoms with Gasteiger partial charge >= 0.3 is 5.97 Å². The van der Waals surface area contributed by atoms with E-state index in [1.807, 2.05) is 24.3 Å². The Labute approximate surface area is 260 Å². The molecule has 1 saturated carbocycles. The summed E-state index contributed by atoms with van der Waals surface area (Å²) in [7, 11) is -4.19. The number of hydrogen-bond acceptors (Lipinski definition) is 7. The van der Waals surface area contributed by atoms with Crippen LogP contribution >= 0.6 is 11.3 Å². The van der Waals surface area contributed by atoms with Crippen molar-refractivity contribution in [2.24, 2.45) is 17.0 Å². The quantitative estimate of drug-likeness (QED) is 0.189. The van der Waals surface area contributed by atoms with E-state index in [0.717, 1.165) is 60.4 Å². The number of esters is 1. The SMILES string of the molecule is CCOC(=O)c1csc(-c2cc(-c3cccc(C#CC4CCOC4)c3)n(Cc3ccc(S(N)(=O)=O)c(F)c3)c2CC2CC2)n1. The summed E-state index contributed by atoms with van der Waals surface area (Å²) in [5, 5.41) is 7.60. The molecular weight excluding hydrogens is 602 g/mol. The van der Waals surface area contributed by atoms with Crippen LogP contribution in [0.5, 0.6) is 0 Å². The van der Waals surface area contributed by atoms with Crippen molar-refractivity contribution in [2.45, 2.75) is 44.0 Å². The van der Waals surface area contributed by atoms with Crippen molar-refractivity contribution in [1.29, 1.82) is 0 Å². The molecule has 1 aliphatic carbocycles. The zero-order valence-electron chi connectivity index (χ0n) is 24.2. The lowest BCUT2D eigenvalue weighted by molar-refractivity contribution is 0.0520. The molecule has 0 bridgehead atoms. The van der Waals surface area contributed by atoms with Gasteiger partial charge in [0.1, 0.15) is 15.7 Å². The van der Waals surface area contributed by atoms with Gasteiger partial charge in [0.25, 0.3) is 0 Å². The van der Waals surface area contributed by atoms with E-state index in [4.69, 9.17) is 14.6 Å². The van der Waals surface area contributed by atoms with Crippen molar-refractivity contribution in [3.63, 3.8) is 0 Å². The Morgan fingerprint density at radius 3 is 2.75 bits per heavy atom. The number of thiazole rings is 1. The normalized spacial score (nSPS) is 16.5. The Morgan fingerprint density at radius 2 is 2.05 bits per heavy atom. The molecule has 2 aromatic heterocycles. The van der Waals surface area contributed by atoms with Gasteiger partial charge in [-0.1, -0.05) is 30.0 Å². The second kappa shape index (κ2) is 12.7. The molecule has 1 aliphatic heterocycles. The number of rotatable bonds is 9. The number of hydrogen-bond donors (Lipinski definition) is 1. The number of sulfonamides is 1. The molecule has 0 amide bonds.